The molecule has 0 saturated carbocycles. The van der Waals surface area contributed by atoms with Gasteiger partial charge in [0.25, 0.3) is 0 Å². The van der Waals surface area contributed by atoms with Gasteiger partial charge in [-0.25, -0.2) is 4.39 Å². The Labute approximate surface area is 156 Å². The maximum Gasteiger partial charge on any atom is 0.227 e. The maximum absolute atomic E-state index is 13.8. The van der Waals surface area contributed by atoms with Crippen LogP contribution in [0.5, 0.6) is 0 Å². The van der Waals surface area contributed by atoms with Gasteiger partial charge in [-0.05, 0) is 31.4 Å². The molecule has 27 heavy (non-hydrogen) atoms. The Balaban J connectivity index is 1.40. The molecule has 1 aliphatic heterocycles. The van der Waals surface area contributed by atoms with Crippen molar-refractivity contribution in [2.75, 3.05) is 13.1 Å². The van der Waals surface area contributed by atoms with Gasteiger partial charge in [0.15, 0.2) is 5.76 Å². The summed E-state index contributed by atoms with van der Waals surface area (Å²) in [7, 11) is 0. The van der Waals surface area contributed by atoms with Crippen LogP contribution in [0, 0.1) is 12.7 Å². The normalized spacial score (nSPS) is 15.3. The summed E-state index contributed by atoms with van der Waals surface area (Å²) in [4.78, 5) is 14.3. The molecule has 140 valence electrons. The average molecular weight is 368 g/mol. The summed E-state index contributed by atoms with van der Waals surface area (Å²) < 4.78 is 19.1. The highest BCUT2D eigenvalue weighted by Crippen LogP contribution is 2.34. The van der Waals surface area contributed by atoms with Crippen LogP contribution >= 0.6 is 0 Å². The second-order valence-corrected chi connectivity index (χ2v) is 6.95. The number of H-pyrrole nitrogens is 1. The number of halogens is 1. The monoisotopic (exact) mass is 368 g/mol. The van der Waals surface area contributed by atoms with E-state index in [4.69, 9.17) is 4.52 Å². The van der Waals surface area contributed by atoms with E-state index >= 15 is 0 Å². The molecule has 1 amide bonds. The molecule has 3 aromatic rings. The van der Waals surface area contributed by atoms with Crippen molar-refractivity contribution in [3.8, 4) is 11.3 Å². The van der Waals surface area contributed by atoms with Gasteiger partial charge in [0.05, 0.1) is 23.9 Å². The van der Waals surface area contributed by atoms with E-state index in [0.717, 1.165) is 29.8 Å². The van der Waals surface area contributed by atoms with Crippen molar-refractivity contribution in [3.63, 3.8) is 0 Å². The number of piperidine rings is 1. The van der Waals surface area contributed by atoms with Crippen LogP contribution in [0.25, 0.3) is 11.3 Å². The van der Waals surface area contributed by atoms with Crippen LogP contribution in [-0.2, 0) is 11.2 Å². The Morgan fingerprint density at radius 1 is 1.33 bits per heavy atom. The van der Waals surface area contributed by atoms with Crippen LogP contribution in [0.4, 0.5) is 4.39 Å². The van der Waals surface area contributed by atoms with Crippen molar-refractivity contribution in [1.82, 2.24) is 20.3 Å². The molecule has 0 aliphatic carbocycles. The molecule has 7 heteroatoms. The molecule has 1 aromatic carbocycles. The smallest absolute Gasteiger partial charge is 0.227 e. The minimum absolute atomic E-state index is 0.0331. The van der Waals surface area contributed by atoms with E-state index in [2.05, 4.69) is 15.4 Å². The Bertz CT molecular complexity index is 941. The van der Waals surface area contributed by atoms with Gasteiger partial charge in [-0.1, -0.05) is 23.4 Å². The molecule has 0 bridgehead atoms. The first-order valence-electron chi connectivity index (χ1n) is 9.10. The molecule has 3 heterocycles. The number of aromatic nitrogens is 3. The Kier molecular flexibility index (Phi) is 4.75. The highest BCUT2D eigenvalue weighted by molar-refractivity contribution is 5.79. The molecule has 1 saturated heterocycles. The van der Waals surface area contributed by atoms with Crippen LogP contribution in [-0.4, -0.2) is 39.3 Å². The number of aromatic amines is 1. The number of rotatable bonds is 4. The number of benzene rings is 1. The predicted molar refractivity (Wildman–Crippen MR) is 97.5 cm³/mol. The number of nitrogens with zero attached hydrogens (tertiary/aromatic N) is 3. The Morgan fingerprint density at radius 3 is 2.81 bits per heavy atom. The number of nitrogens with one attached hydrogen (secondary N) is 1. The van der Waals surface area contributed by atoms with E-state index < -0.39 is 0 Å². The van der Waals surface area contributed by atoms with E-state index in [9.17, 15) is 9.18 Å². The zero-order valence-corrected chi connectivity index (χ0v) is 15.1. The number of amides is 1. The number of hydrogen-bond donors (Lipinski definition) is 1. The lowest BCUT2D eigenvalue weighted by Crippen LogP contribution is -2.39. The van der Waals surface area contributed by atoms with E-state index in [-0.39, 0.29) is 24.1 Å². The fourth-order valence-corrected chi connectivity index (χ4v) is 3.63. The lowest BCUT2D eigenvalue weighted by molar-refractivity contribution is -0.131. The molecular formula is C20H21FN4O2. The van der Waals surface area contributed by atoms with Crippen molar-refractivity contribution in [3.05, 3.63) is 59.3 Å². The van der Waals surface area contributed by atoms with Crippen LogP contribution in [0.15, 0.2) is 41.1 Å². The Morgan fingerprint density at radius 2 is 2.11 bits per heavy atom. The van der Waals surface area contributed by atoms with Crippen LogP contribution < -0.4 is 0 Å². The molecule has 1 N–H and O–H groups in total. The van der Waals surface area contributed by atoms with Crippen molar-refractivity contribution >= 4 is 5.91 Å². The third kappa shape index (κ3) is 3.63. The molecule has 0 atom stereocenters. The lowest BCUT2D eigenvalue weighted by atomic mass is 9.90. The van der Waals surface area contributed by atoms with Gasteiger partial charge in [-0.3, -0.25) is 9.89 Å². The molecular weight excluding hydrogens is 347 g/mol. The lowest BCUT2D eigenvalue weighted by Gasteiger charge is -2.32. The fourth-order valence-electron chi connectivity index (χ4n) is 3.63. The van der Waals surface area contributed by atoms with Gasteiger partial charge in [0.2, 0.25) is 5.91 Å². The molecule has 0 unspecified atom stereocenters. The van der Waals surface area contributed by atoms with Crippen molar-refractivity contribution in [2.45, 2.75) is 32.1 Å². The van der Waals surface area contributed by atoms with Crippen LogP contribution in [0.1, 0.15) is 35.7 Å². The van der Waals surface area contributed by atoms with Crippen LogP contribution in [0.2, 0.25) is 0 Å². The van der Waals surface area contributed by atoms with E-state index in [1.165, 1.54) is 6.07 Å². The summed E-state index contributed by atoms with van der Waals surface area (Å²) in [6.07, 6.45) is 3.51. The second-order valence-electron chi connectivity index (χ2n) is 6.95. The molecule has 0 radical (unpaired) electrons. The summed E-state index contributed by atoms with van der Waals surface area (Å²) in [5, 5.41) is 11.2. The van der Waals surface area contributed by atoms with Gasteiger partial charge in [0.1, 0.15) is 5.82 Å². The van der Waals surface area contributed by atoms with Gasteiger partial charge in [-0.2, -0.15) is 5.10 Å². The zero-order chi connectivity index (χ0) is 18.8. The second kappa shape index (κ2) is 7.34. The largest absolute Gasteiger partial charge is 0.356 e. The summed E-state index contributed by atoms with van der Waals surface area (Å²) >= 11 is 0. The minimum atomic E-state index is -0.329. The first-order valence-corrected chi connectivity index (χ1v) is 9.10. The molecule has 4 rings (SSSR count). The van der Waals surface area contributed by atoms with E-state index in [0.29, 0.717) is 24.4 Å². The highest BCUT2D eigenvalue weighted by atomic mass is 19.1. The van der Waals surface area contributed by atoms with Crippen molar-refractivity contribution in [1.29, 1.82) is 0 Å². The number of hydrogen-bond acceptors (Lipinski definition) is 4. The molecule has 1 fully saturated rings. The molecule has 6 nitrogen and oxygen atoms in total. The highest BCUT2D eigenvalue weighted by Gasteiger charge is 2.27. The van der Waals surface area contributed by atoms with Gasteiger partial charge < -0.3 is 9.42 Å². The summed E-state index contributed by atoms with van der Waals surface area (Å²) in [6.45, 7) is 3.17. The van der Waals surface area contributed by atoms with Gasteiger partial charge >= 0.3 is 0 Å². The molecule has 1 aliphatic rings. The SMILES string of the molecule is Cc1cc(-c2cn[nH]c2C2CCN(C(=O)Cc3ccccc3F)CC2)on1. The zero-order valence-electron chi connectivity index (χ0n) is 15.1. The molecule has 0 spiro atoms. The van der Waals surface area contributed by atoms with Crippen molar-refractivity contribution in [2.24, 2.45) is 0 Å². The average Bonchev–Trinajstić information content (AvgIpc) is 3.32. The van der Waals surface area contributed by atoms with E-state index in [1.54, 1.807) is 24.4 Å². The third-order valence-electron chi connectivity index (χ3n) is 5.12. The number of aryl methyl sites for hydroxylation is 1. The van der Waals surface area contributed by atoms with E-state index in [1.807, 2.05) is 17.9 Å². The quantitative estimate of drug-likeness (QED) is 0.765. The number of likely N-dealkylation sites (tertiary alicyclic amines) is 1. The summed E-state index contributed by atoms with van der Waals surface area (Å²) in [5.41, 5.74) is 3.21. The molecule has 2 aromatic heterocycles. The van der Waals surface area contributed by atoms with Crippen molar-refractivity contribution < 1.29 is 13.7 Å². The predicted octanol–water partition coefficient (Wildman–Crippen LogP) is 3.46. The van der Waals surface area contributed by atoms with Gasteiger partial charge in [-0.15, -0.1) is 0 Å². The first kappa shape index (κ1) is 17.5. The maximum atomic E-state index is 13.8. The standard InChI is InChI=1S/C20H21FN4O2/c1-13-10-18(27-24-13)16-12-22-23-20(16)14-6-8-25(9-7-14)19(26)11-15-4-2-3-5-17(15)21/h2-5,10,12,14H,6-9,11H2,1H3,(H,22,23). The number of carbonyl (C=O) groups is 1. The summed E-state index contributed by atoms with van der Waals surface area (Å²) in [6, 6.07) is 8.33. The third-order valence-corrected chi connectivity index (χ3v) is 5.12. The fraction of sp³-hybridized carbons (Fsp3) is 0.350. The van der Waals surface area contributed by atoms with Gasteiger partial charge in [0, 0.05) is 30.8 Å². The van der Waals surface area contributed by atoms with Crippen LogP contribution in [0.3, 0.4) is 0 Å². The Hall–Kier alpha value is -2.96. The summed E-state index contributed by atoms with van der Waals surface area (Å²) in [5.74, 6) is 0.610. The number of carbonyl (C=O) groups excluding carboxylic acids is 1. The topological polar surface area (TPSA) is 75.0 Å². The minimum Gasteiger partial charge on any atom is -0.356 e. The first-order chi connectivity index (χ1) is 13.1.